The highest BCUT2D eigenvalue weighted by Gasteiger charge is 2.15. The molecular formula is C18H15FIN3O4. The van der Waals surface area contributed by atoms with Gasteiger partial charge in [-0.25, -0.2) is 9.87 Å². The van der Waals surface area contributed by atoms with Crippen LogP contribution in [0.15, 0.2) is 36.4 Å². The lowest BCUT2D eigenvalue weighted by molar-refractivity contribution is -0.130. The van der Waals surface area contributed by atoms with E-state index in [4.69, 9.17) is 15.2 Å². The van der Waals surface area contributed by atoms with Gasteiger partial charge in [0.2, 0.25) is 5.91 Å². The molecule has 27 heavy (non-hydrogen) atoms. The number of ketones is 1. The summed E-state index contributed by atoms with van der Waals surface area (Å²) in [5.74, 6) is -1.52. The average Bonchev–Trinajstić information content (AvgIpc) is 2.66. The molecule has 0 unspecified atom stereocenters. The summed E-state index contributed by atoms with van der Waals surface area (Å²) in [6.07, 6.45) is -0.101. The minimum atomic E-state index is -0.627. The zero-order valence-electron chi connectivity index (χ0n) is 14.0. The standard InChI is InChI=1S/C18H15FIN3O4/c19-14-8-12(20)2-4-15(14)22-16-7-11(9-21)1-3-13(16)17(24)10-27-6-5-18(25)23-26/h1-4,7-8,22,26H,5-6,10H2,(H,23,25). The van der Waals surface area contributed by atoms with Crippen molar-refractivity contribution in [2.45, 2.75) is 6.42 Å². The normalized spacial score (nSPS) is 10.1. The fourth-order valence-corrected chi connectivity index (χ4v) is 2.61. The van der Waals surface area contributed by atoms with Crippen molar-refractivity contribution in [1.29, 1.82) is 5.26 Å². The van der Waals surface area contributed by atoms with E-state index in [1.807, 2.05) is 28.7 Å². The molecule has 0 aliphatic heterocycles. The first-order chi connectivity index (χ1) is 12.9. The molecular weight excluding hydrogens is 468 g/mol. The van der Waals surface area contributed by atoms with Crippen molar-refractivity contribution < 1.29 is 23.9 Å². The molecule has 140 valence electrons. The van der Waals surface area contributed by atoms with Gasteiger partial charge >= 0.3 is 0 Å². The molecule has 0 bridgehead atoms. The number of nitriles is 1. The van der Waals surface area contributed by atoms with Gasteiger partial charge in [-0.3, -0.25) is 14.8 Å². The van der Waals surface area contributed by atoms with Gasteiger partial charge in [-0.05, 0) is 59.0 Å². The van der Waals surface area contributed by atoms with Crippen LogP contribution < -0.4 is 10.8 Å². The number of hydrogen-bond donors (Lipinski definition) is 3. The van der Waals surface area contributed by atoms with Crippen LogP contribution in [0.3, 0.4) is 0 Å². The molecule has 2 aromatic rings. The Labute approximate surface area is 168 Å². The number of Topliss-reactive ketones (excluding diaryl/α,β-unsaturated/α-hetero) is 1. The third kappa shape index (κ3) is 5.99. The number of nitrogens with one attached hydrogen (secondary N) is 2. The molecule has 0 saturated carbocycles. The first-order valence-corrected chi connectivity index (χ1v) is 8.82. The highest BCUT2D eigenvalue weighted by molar-refractivity contribution is 14.1. The van der Waals surface area contributed by atoms with Gasteiger partial charge in [0.15, 0.2) is 5.78 Å². The third-order valence-electron chi connectivity index (χ3n) is 3.48. The molecule has 1 amide bonds. The van der Waals surface area contributed by atoms with Gasteiger partial charge in [0.25, 0.3) is 0 Å². The topological polar surface area (TPSA) is 111 Å². The molecule has 0 aromatic heterocycles. The fourth-order valence-electron chi connectivity index (χ4n) is 2.16. The predicted molar refractivity (Wildman–Crippen MR) is 103 cm³/mol. The van der Waals surface area contributed by atoms with E-state index in [1.165, 1.54) is 35.8 Å². The number of amides is 1. The van der Waals surface area contributed by atoms with Crippen LogP contribution in [0.1, 0.15) is 22.3 Å². The number of hydrogen-bond acceptors (Lipinski definition) is 6. The summed E-state index contributed by atoms with van der Waals surface area (Å²) in [4.78, 5) is 23.3. The number of halogens is 2. The Balaban J connectivity index is 2.17. The maximum Gasteiger partial charge on any atom is 0.245 e. The molecule has 0 heterocycles. The summed E-state index contributed by atoms with van der Waals surface area (Å²) in [6, 6.07) is 10.9. The Morgan fingerprint density at radius 1 is 1.22 bits per heavy atom. The lowest BCUT2D eigenvalue weighted by Gasteiger charge is -2.13. The van der Waals surface area contributed by atoms with E-state index in [-0.39, 0.29) is 36.6 Å². The molecule has 0 fully saturated rings. The average molecular weight is 483 g/mol. The van der Waals surface area contributed by atoms with E-state index in [0.717, 1.165) is 3.57 Å². The summed E-state index contributed by atoms with van der Waals surface area (Å²) in [5, 5.41) is 20.3. The van der Waals surface area contributed by atoms with Gasteiger partial charge in [0.05, 0.1) is 36.0 Å². The highest BCUT2D eigenvalue weighted by Crippen LogP contribution is 2.26. The zero-order valence-corrected chi connectivity index (χ0v) is 16.1. The van der Waals surface area contributed by atoms with E-state index in [0.29, 0.717) is 5.56 Å². The van der Waals surface area contributed by atoms with Crippen LogP contribution in [-0.4, -0.2) is 30.1 Å². The lowest BCUT2D eigenvalue weighted by Crippen LogP contribution is -2.21. The first kappa shape index (κ1) is 20.8. The number of benzene rings is 2. The largest absolute Gasteiger partial charge is 0.373 e. The Kier molecular flexibility index (Phi) is 7.66. The summed E-state index contributed by atoms with van der Waals surface area (Å²) in [5.41, 5.74) is 2.43. The fraction of sp³-hybridized carbons (Fsp3) is 0.167. The Hall–Kier alpha value is -2.55. The van der Waals surface area contributed by atoms with Gasteiger partial charge in [-0.15, -0.1) is 0 Å². The molecule has 9 heteroatoms. The summed E-state index contributed by atoms with van der Waals surface area (Å²) in [6.45, 7) is -0.364. The number of anilines is 2. The summed E-state index contributed by atoms with van der Waals surface area (Å²) < 4.78 is 20.0. The first-order valence-electron chi connectivity index (χ1n) is 7.74. The van der Waals surface area contributed by atoms with Gasteiger partial charge in [0, 0.05) is 9.13 Å². The Bertz CT molecular complexity index is 899. The van der Waals surface area contributed by atoms with E-state index in [1.54, 1.807) is 6.07 Å². The second-order valence-electron chi connectivity index (χ2n) is 5.38. The predicted octanol–water partition coefficient (Wildman–Crippen LogP) is 3.14. The zero-order chi connectivity index (χ0) is 19.8. The molecule has 0 atom stereocenters. The van der Waals surface area contributed by atoms with Crippen LogP contribution in [0, 0.1) is 20.7 Å². The molecule has 0 spiro atoms. The van der Waals surface area contributed by atoms with Crippen LogP contribution in [0.2, 0.25) is 0 Å². The number of rotatable bonds is 8. The summed E-state index contributed by atoms with van der Waals surface area (Å²) in [7, 11) is 0. The van der Waals surface area contributed by atoms with E-state index in [2.05, 4.69) is 5.32 Å². The molecule has 7 nitrogen and oxygen atoms in total. The third-order valence-corrected chi connectivity index (χ3v) is 4.15. The SMILES string of the molecule is N#Cc1ccc(C(=O)COCCC(=O)NO)c(Nc2ccc(I)cc2F)c1. The Morgan fingerprint density at radius 2 is 2.00 bits per heavy atom. The molecule has 0 aliphatic carbocycles. The van der Waals surface area contributed by atoms with E-state index < -0.39 is 17.5 Å². The van der Waals surface area contributed by atoms with Crippen molar-refractivity contribution in [3.63, 3.8) is 0 Å². The second-order valence-corrected chi connectivity index (χ2v) is 6.63. The summed E-state index contributed by atoms with van der Waals surface area (Å²) >= 11 is 1.98. The van der Waals surface area contributed by atoms with Crippen LogP contribution in [-0.2, 0) is 9.53 Å². The van der Waals surface area contributed by atoms with Crippen LogP contribution >= 0.6 is 22.6 Å². The van der Waals surface area contributed by atoms with Gasteiger partial charge in [-0.1, -0.05) is 0 Å². The van der Waals surface area contributed by atoms with Crippen molar-refractivity contribution in [2.75, 3.05) is 18.5 Å². The Morgan fingerprint density at radius 3 is 2.67 bits per heavy atom. The maximum atomic E-state index is 14.1. The van der Waals surface area contributed by atoms with Crippen molar-refractivity contribution in [3.8, 4) is 6.07 Å². The van der Waals surface area contributed by atoms with Crippen LogP contribution in [0.4, 0.5) is 15.8 Å². The maximum absolute atomic E-state index is 14.1. The highest BCUT2D eigenvalue weighted by atomic mass is 127. The molecule has 2 rings (SSSR count). The van der Waals surface area contributed by atoms with Gasteiger partial charge < -0.3 is 10.1 Å². The number of hydroxylamine groups is 1. The second kappa shape index (κ2) is 9.96. The minimum Gasteiger partial charge on any atom is -0.373 e. The number of ether oxygens (including phenoxy) is 1. The lowest BCUT2D eigenvalue weighted by atomic mass is 10.1. The molecule has 0 saturated heterocycles. The number of carbonyl (C=O) groups is 2. The van der Waals surface area contributed by atoms with Crippen LogP contribution in [0.25, 0.3) is 0 Å². The van der Waals surface area contributed by atoms with Crippen molar-refractivity contribution in [1.82, 2.24) is 5.48 Å². The molecule has 0 radical (unpaired) electrons. The van der Waals surface area contributed by atoms with E-state index >= 15 is 0 Å². The van der Waals surface area contributed by atoms with E-state index in [9.17, 15) is 14.0 Å². The van der Waals surface area contributed by atoms with Crippen molar-refractivity contribution >= 4 is 45.7 Å². The van der Waals surface area contributed by atoms with Crippen molar-refractivity contribution in [2.24, 2.45) is 0 Å². The molecule has 3 N–H and O–H groups in total. The number of nitrogens with zero attached hydrogens (tertiary/aromatic N) is 1. The minimum absolute atomic E-state index is 0.0527. The molecule has 0 aliphatic rings. The monoisotopic (exact) mass is 483 g/mol. The van der Waals surface area contributed by atoms with Crippen LogP contribution in [0.5, 0.6) is 0 Å². The smallest absolute Gasteiger partial charge is 0.245 e. The van der Waals surface area contributed by atoms with Crippen molar-refractivity contribution in [3.05, 3.63) is 56.9 Å². The van der Waals surface area contributed by atoms with Gasteiger partial charge in [-0.2, -0.15) is 5.26 Å². The number of carbonyl (C=O) groups excluding carboxylic acids is 2. The van der Waals surface area contributed by atoms with Gasteiger partial charge in [0.1, 0.15) is 12.4 Å². The molecule has 2 aromatic carbocycles. The quantitative estimate of drug-likeness (QED) is 0.175.